The monoisotopic (exact) mass is 355 g/mol. The van der Waals surface area contributed by atoms with Crippen LogP contribution < -0.4 is 16.0 Å². The van der Waals surface area contributed by atoms with Crippen LogP contribution in [0.4, 0.5) is 4.79 Å². The summed E-state index contributed by atoms with van der Waals surface area (Å²) in [6.45, 7) is 10.3. The Kier molecular flexibility index (Phi) is 8.51. The largest absolute Gasteiger partial charge is 0.444 e. The molecule has 0 heterocycles. The van der Waals surface area contributed by atoms with Crippen molar-refractivity contribution < 1.29 is 14.3 Å². The molecule has 144 valence electrons. The topological polar surface area (TPSA) is 95.1 Å². The predicted octanol–water partition coefficient (Wildman–Crippen LogP) is 0.935. The van der Waals surface area contributed by atoms with E-state index in [4.69, 9.17) is 4.74 Å². The van der Waals surface area contributed by atoms with Gasteiger partial charge >= 0.3 is 6.09 Å². The minimum atomic E-state index is -0.500. The van der Waals surface area contributed by atoms with Gasteiger partial charge in [0.2, 0.25) is 5.91 Å². The molecule has 0 aromatic heterocycles. The number of likely N-dealkylation sites (N-methyl/N-ethyl adjacent to an activating group) is 1. The maximum absolute atomic E-state index is 11.9. The van der Waals surface area contributed by atoms with Crippen LogP contribution in [0.1, 0.15) is 40.5 Å². The fourth-order valence-electron chi connectivity index (χ4n) is 1.95. The zero-order chi connectivity index (χ0) is 18.9. The van der Waals surface area contributed by atoms with Gasteiger partial charge in [-0.2, -0.15) is 0 Å². The van der Waals surface area contributed by atoms with Gasteiger partial charge in [-0.15, -0.1) is 0 Å². The summed E-state index contributed by atoms with van der Waals surface area (Å²) in [5.41, 5.74) is -0.500. The number of nitrogens with zero attached hydrogens (tertiary/aromatic N) is 2. The molecule has 3 N–H and O–H groups in total. The van der Waals surface area contributed by atoms with Gasteiger partial charge in [0.15, 0.2) is 5.96 Å². The first-order valence-corrected chi connectivity index (χ1v) is 8.97. The maximum Gasteiger partial charge on any atom is 0.410 e. The number of carbonyl (C=O) groups is 2. The normalized spacial score (nSPS) is 14.7. The summed E-state index contributed by atoms with van der Waals surface area (Å²) in [7, 11) is 1.70. The Balaban J connectivity index is 2.27. The van der Waals surface area contributed by atoms with Gasteiger partial charge in [-0.1, -0.05) is 0 Å². The zero-order valence-electron chi connectivity index (χ0n) is 16.1. The quantitative estimate of drug-likeness (QED) is 0.342. The lowest BCUT2D eigenvalue weighted by molar-refractivity contribution is -0.122. The highest BCUT2D eigenvalue weighted by Crippen LogP contribution is 2.28. The molecule has 1 fully saturated rings. The number of hydrogen-bond donors (Lipinski definition) is 3. The summed E-state index contributed by atoms with van der Waals surface area (Å²) in [6, 6.07) is 0. The molecule has 1 aliphatic carbocycles. The lowest BCUT2D eigenvalue weighted by Gasteiger charge is -2.24. The molecule has 0 aliphatic heterocycles. The van der Waals surface area contributed by atoms with Crippen molar-refractivity contribution in [1.29, 1.82) is 0 Å². The van der Waals surface area contributed by atoms with Crippen molar-refractivity contribution >= 4 is 18.0 Å². The second kappa shape index (κ2) is 10.1. The van der Waals surface area contributed by atoms with Gasteiger partial charge in [-0.05, 0) is 40.5 Å². The van der Waals surface area contributed by atoms with Crippen LogP contribution >= 0.6 is 0 Å². The fourth-order valence-corrected chi connectivity index (χ4v) is 1.95. The number of hydrogen-bond acceptors (Lipinski definition) is 4. The van der Waals surface area contributed by atoms with Crippen molar-refractivity contribution in [3.63, 3.8) is 0 Å². The molecule has 2 amide bonds. The number of guanidine groups is 1. The molecule has 0 bridgehead atoms. The molecule has 0 radical (unpaired) electrons. The van der Waals surface area contributed by atoms with Crippen LogP contribution in [0.3, 0.4) is 0 Å². The van der Waals surface area contributed by atoms with E-state index in [1.165, 1.54) is 4.90 Å². The van der Waals surface area contributed by atoms with Crippen molar-refractivity contribution in [3.8, 4) is 0 Å². The molecule has 0 unspecified atom stereocenters. The van der Waals surface area contributed by atoms with Crippen LogP contribution in [-0.2, 0) is 9.53 Å². The summed E-state index contributed by atoms with van der Waals surface area (Å²) in [5, 5.41) is 9.19. The Bertz CT molecular complexity index is 469. The standard InChI is InChI=1S/C17H33N5O3/c1-6-18-15(20-10-9-19-14(23)13-7-8-13)21-11-12-22(5)16(24)25-17(2,3)4/h13H,6-12H2,1-5H3,(H,19,23)(H2,18,20,21). The Morgan fingerprint density at radius 2 is 1.84 bits per heavy atom. The van der Waals surface area contributed by atoms with E-state index in [0.717, 1.165) is 19.4 Å². The van der Waals surface area contributed by atoms with Crippen LogP contribution in [0.2, 0.25) is 0 Å². The van der Waals surface area contributed by atoms with Gasteiger partial charge < -0.3 is 25.6 Å². The lowest BCUT2D eigenvalue weighted by Crippen LogP contribution is -2.43. The molecule has 8 heteroatoms. The molecule has 0 aromatic rings. The van der Waals surface area contributed by atoms with E-state index in [-0.39, 0.29) is 17.9 Å². The molecule has 1 rings (SSSR count). The average Bonchev–Trinajstić information content (AvgIpc) is 3.34. The first kappa shape index (κ1) is 21.1. The Morgan fingerprint density at radius 3 is 2.40 bits per heavy atom. The van der Waals surface area contributed by atoms with Crippen LogP contribution in [0.15, 0.2) is 4.99 Å². The molecule has 25 heavy (non-hydrogen) atoms. The van der Waals surface area contributed by atoms with E-state index in [2.05, 4.69) is 20.9 Å². The van der Waals surface area contributed by atoms with E-state index in [1.807, 2.05) is 27.7 Å². The van der Waals surface area contributed by atoms with E-state index in [9.17, 15) is 9.59 Å². The van der Waals surface area contributed by atoms with Crippen molar-refractivity contribution in [2.75, 3.05) is 39.8 Å². The molecule has 0 aromatic carbocycles. The summed E-state index contributed by atoms with van der Waals surface area (Å²) >= 11 is 0. The van der Waals surface area contributed by atoms with Crippen LogP contribution in [0.25, 0.3) is 0 Å². The average molecular weight is 355 g/mol. The van der Waals surface area contributed by atoms with Gasteiger partial charge in [0.1, 0.15) is 5.60 Å². The molecular formula is C17H33N5O3. The van der Waals surface area contributed by atoms with Crippen LogP contribution in [0, 0.1) is 5.92 Å². The summed E-state index contributed by atoms with van der Waals surface area (Å²) < 4.78 is 5.30. The first-order valence-electron chi connectivity index (χ1n) is 8.97. The Labute approximate surface area is 150 Å². The van der Waals surface area contributed by atoms with E-state index in [1.54, 1.807) is 7.05 Å². The third-order valence-corrected chi connectivity index (χ3v) is 3.42. The minimum absolute atomic E-state index is 0.132. The van der Waals surface area contributed by atoms with Gasteiger partial charge in [0.25, 0.3) is 0 Å². The fraction of sp³-hybridized carbons (Fsp3) is 0.824. The number of ether oxygens (including phenoxy) is 1. The van der Waals surface area contributed by atoms with Gasteiger partial charge in [0, 0.05) is 39.1 Å². The van der Waals surface area contributed by atoms with Crippen molar-refractivity contribution in [2.45, 2.75) is 46.1 Å². The first-order chi connectivity index (χ1) is 11.7. The molecule has 1 aliphatic rings. The van der Waals surface area contributed by atoms with E-state index in [0.29, 0.717) is 32.1 Å². The molecular weight excluding hydrogens is 322 g/mol. The molecule has 0 saturated heterocycles. The third kappa shape index (κ3) is 9.79. The highest BCUT2D eigenvalue weighted by Gasteiger charge is 2.28. The Morgan fingerprint density at radius 1 is 1.16 bits per heavy atom. The Hall–Kier alpha value is -1.99. The van der Waals surface area contributed by atoms with Gasteiger partial charge in [-0.3, -0.25) is 9.79 Å². The highest BCUT2D eigenvalue weighted by molar-refractivity contribution is 5.81. The highest BCUT2D eigenvalue weighted by atomic mass is 16.6. The van der Waals surface area contributed by atoms with Crippen LogP contribution in [0.5, 0.6) is 0 Å². The number of aliphatic imine (C=N–C) groups is 1. The van der Waals surface area contributed by atoms with Crippen molar-refractivity contribution in [2.24, 2.45) is 10.9 Å². The molecule has 1 saturated carbocycles. The number of amides is 2. The van der Waals surface area contributed by atoms with Crippen molar-refractivity contribution in [3.05, 3.63) is 0 Å². The van der Waals surface area contributed by atoms with Gasteiger partial charge in [0.05, 0.1) is 6.54 Å². The molecule has 8 nitrogen and oxygen atoms in total. The number of nitrogens with one attached hydrogen (secondary N) is 3. The number of carbonyl (C=O) groups excluding carboxylic acids is 2. The van der Waals surface area contributed by atoms with Gasteiger partial charge in [-0.25, -0.2) is 4.79 Å². The summed E-state index contributed by atoms with van der Waals surface area (Å²) in [6.07, 6.45) is 1.66. The second-order valence-corrected chi connectivity index (χ2v) is 7.15. The molecule has 0 spiro atoms. The maximum atomic E-state index is 11.9. The lowest BCUT2D eigenvalue weighted by atomic mass is 10.2. The van der Waals surface area contributed by atoms with Crippen LogP contribution in [-0.4, -0.2) is 68.2 Å². The summed E-state index contributed by atoms with van der Waals surface area (Å²) in [4.78, 5) is 29.4. The predicted molar refractivity (Wildman–Crippen MR) is 98.6 cm³/mol. The zero-order valence-corrected chi connectivity index (χ0v) is 16.1. The number of rotatable bonds is 8. The minimum Gasteiger partial charge on any atom is -0.444 e. The molecule has 0 atom stereocenters. The SMILES string of the molecule is CCNC(=NCCNC(=O)C1CC1)NCCN(C)C(=O)OC(C)(C)C. The summed E-state index contributed by atoms with van der Waals surface area (Å²) in [5.74, 6) is 1.02. The second-order valence-electron chi connectivity index (χ2n) is 7.15. The third-order valence-electron chi connectivity index (χ3n) is 3.42. The smallest absolute Gasteiger partial charge is 0.410 e. The van der Waals surface area contributed by atoms with E-state index >= 15 is 0 Å². The van der Waals surface area contributed by atoms with E-state index < -0.39 is 5.60 Å². The van der Waals surface area contributed by atoms with Crippen molar-refractivity contribution in [1.82, 2.24) is 20.9 Å².